The third-order valence-electron chi connectivity index (χ3n) is 4.50. The van der Waals surface area contributed by atoms with Crippen molar-refractivity contribution in [1.82, 2.24) is 0 Å². The van der Waals surface area contributed by atoms with Gasteiger partial charge in [-0.15, -0.1) is 0 Å². The van der Waals surface area contributed by atoms with Crippen LogP contribution in [-0.2, 0) is 17.6 Å². The first-order valence-corrected chi connectivity index (χ1v) is 8.08. The van der Waals surface area contributed by atoms with E-state index in [4.69, 9.17) is 16.3 Å². The molecular weight excluding hydrogens is 272 g/mol. The molecule has 20 heavy (non-hydrogen) atoms. The van der Waals surface area contributed by atoms with Crippen molar-refractivity contribution in [3.63, 3.8) is 0 Å². The summed E-state index contributed by atoms with van der Waals surface area (Å²) < 4.78 is 5.69. The highest BCUT2D eigenvalue weighted by atomic mass is 35.5. The van der Waals surface area contributed by atoms with Crippen LogP contribution in [0.1, 0.15) is 49.7 Å². The third-order valence-corrected chi connectivity index (χ3v) is 4.72. The predicted molar refractivity (Wildman–Crippen MR) is 80.6 cm³/mol. The van der Waals surface area contributed by atoms with Crippen LogP contribution in [-0.4, -0.2) is 12.4 Å². The average Bonchev–Trinajstić information content (AvgIpc) is 2.72. The maximum absolute atomic E-state index is 12.5. The lowest BCUT2D eigenvalue weighted by atomic mass is 9.91. The Morgan fingerprint density at radius 2 is 1.95 bits per heavy atom. The number of ketones is 1. The van der Waals surface area contributed by atoms with Crippen molar-refractivity contribution in [3.05, 3.63) is 28.3 Å². The van der Waals surface area contributed by atoms with E-state index in [1.54, 1.807) is 0 Å². The van der Waals surface area contributed by atoms with Gasteiger partial charge in [0.05, 0.1) is 6.61 Å². The van der Waals surface area contributed by atoms with Gasteiger partial charge in [0.25, 0.3) is 0 Å². The maximum Gasteiger partial charge on any atom is 0.140 e. The summed E-state index contributed by atoms with van der Waals surface area (Å²) in [7, 11) is 0. The SMILES string of the molecule is O=C(Cc1cc(Cl)cc2c1OCC2)C1CCCCCC1. The molecule has 3 heteroatoms. The number of Topliss-reactive ketones (excluding diaryl/α,β-unsaturated/α-hetero) is 1. The molecule has 1 saturated carbocycles. The lowest BCUT2D eigenvalue weighted by Crippen LogP contribution is -2.16. The van der Waals surface area contributed by atoms with Gasteiger partial charge in [0.15, 0.2) is 0 Å². The van der Waals surface area contributed by atoms with Gasteiger partial charge in [-0.3, -0.25) is 4.79 Å². The van der Waals surface area contributed by atoms with Crippen LogP contribution in [0, 0.1) is 5.92 Å². The topological polar surface area (TPSA) is 26.3 Å². The van der Waals surface area contributed by atoms with Gasteiger partial charge in [0.2, 0.25) is 0 Å². The summed E-state index contributed by atoms with van der Waals surface area (Å²) in [5.74, 6) is 1.52. The number of benzene rings is 1. The molecule has 3 rings (SSSR count). The van der Waals surface area contributed by atoms with Crippen molar-refractivity contribution in [2.45, 2.75) is 51.4 Å². The van der Waals surface area contributed by atoms with Gasteiger partial charge in [0, 0.05) is 29.3 Å². The Bertz CT molecular complexity index is 502. The van der Waals surface area contributed by atoms with E-state index in [9.17, 15) is 4.79 Å². The molecule has 0 saturated heterocycles. The number of hydrogen-bond donors (Lipinski definition) is 0. The second-order valence-electron chi connectivity index (χ2n) is 5.98. The van der Waals surface area contributed by atoms with Crippen molar-refractivity contribution in [1.29, 1.82) is 0 Å². The molecular formula is C17H21ClO2. The third kappa shape index (κ3) is 3.01. The zero-order valence-electron chi connectivity index (χ0n) is 11.8. The molecule has 1 fully saturated rings. The van der Waals surface area contributed by atoms with Crippen molar-refractivity contribution < 1.29 is 9.53 Å². The minimum Gasteiger partial charge on any atom is -0.493 e. The fraction of sp³-hybridized carbons (Fsp3) is 0.588. The van der Waals surface area contributed by atoms with Gasteiger partial charge in [-0.25, -0.2) is 0 Å². The number of carbonyl (C=O) groups is 1. The lowest BCUT2D eigenvalue weighted by molar-refractivity contribution is -0.122. The number of rotatable bonds is 3. The Labute approximate surface area is 125 Å². The monoisotopic (exact) mass is 292 g/mol. The van der Waals surface area contributed by atoms with Gasteiger partial charge in [-0.05, 0) is 30.5 Å². The molecule has 1 heterocycles. The molecule has 1 aromatic rings. The number of carbonyl (C=O) groups excluding carboxylic acids is 1. The Morgan fingerprint density at radius 1 is 1.20 bits per heavy atom. The van der Waals surface area contributed by atoms with Crippen LogP contribution in [0.4, 0.5) is 0 Å². The molecule has 0 amide bonds. The first kappa shape index (κ1) is 13.9. The van der Waals surface area contributed by atoms with E-state index >= 15 is 0 Å². The van der Waals surface area contributed by atoms with Crippen molar-refractivity contribution >= 4 is 17.4 Å². The van der Waals surface area contributed by atoms with E-state index in [0.29, 0.717) is 18.8 Å². The second kappa shape index (κ2) is 6.17. The average molecular weight is 293 g/mol. The van der Waals surface area contributed by atoms with E-state index in [1.165, 1.54) is 25.7 Å². The highest BCUT2D eigenvalue weighted by Crippen LogP contribution is 2.34. The number of halogens is 1. The molecule has 0 N–H and O–H groups in total. The molecule has 2 nitrogen and oxygen atoms in total. The molecule has 0 bridgehead atoms. The Balaban J connectivity index is 1.75. The molecule has 0 aromatic heterocycles. The van der Waals surface area contributed by atoms with Crippen LogP contribution < -0.4 is 4.74 Å². The zero-order valence-corrected chi connectivity index (χ0v) is 12.5. The summed E-state index contributed by atoms with van der Waals surface area (Å²) in [5.41, 5.74) is 2.14. The fourth-order valence-corrected chi connectivity index (χ4v) is 3.67. The summed E-state index contributed by atoms with van der Waals surface area (Å²) in [6.07, 6.45) is 8.44. The number of hydrogen-bond acceptors (Lipinski definition) is 2. The van der Waals surface area contributed by atoms with Crippen LogP contribution in [0.5, 0.6) is 5.75 Å². The molecule has 0 unspecified atom stereocenters. The molecule has 1 aliphatic heterocycles. The summed E-state index contributed by atoms with van der Waals surface area (Å²) in [6.45, 7) is 0.709. The second-order valence-corrected chi connectivity index (χ2v) is 6.42. The van der Waals surface area contributed by atoms with Gasteiger partial charge < -0.3 is 4.74 Å². The lowest BCUT2D eigenvalue weighted by Gasteiger charge is -2.14. The molecule has 0 atom stereocenters. The van der Waals surface area contributed by atoms with Gasteiger partial charge in [-0.2, -0.15) is 0 Å². The van der Waals surface area contributed by atoms with Crippen molar-refractivity contribution in [2.75, 3.05) is 6.61 Å². The molecule has 1 aliphatic carbocycles. The van der Waals surface area contributed by atoms with Crippen molar-refractivity contribution in [2.24, 2.45) is 5.92 Å². The first-order valence-electron chi connectivity index (χ1n) is 7.71. The minimum atomic E-state index is 0.244. The van der Waals surface area contributed by atoms with Crippen LogP contribution in [0.15, 0.2) is 12.1 Å². The van der Waals surface area contributed by atoms with E-state index < -0.39 is 0 Å². The minimum absolute atomic E-state index is 0.244. The Hall–Kier alpha value is -1.02. The molecule has 1 aromatic carbocycles. The molecule has 0 spiro atoms. The van der Waals surface area contributed by atoms with E-state index in [-0.39, 0.29) is 5.92 Å². The Morgan fingerprint density at radius 3 is 2.70 bits per heavy atom. The van der Waals surface area contributed by atoms with E-state index in [1.807, 2.05) is 12.1 Å². The Kier molecular flexibility index (Phi) is 4.30. The highest BCUT2D eigenvalue weighted by Gasteiger charge is 2.24. The van der Waals surface area contributed by atoms with Crippen LogP contribution in [0.2, 0.25) is 5.02 Å². The standard InChI is InChI=1S/C17H21ClO2/c18-15-9-13-7-8-20-17(13)14(10-15)11-16(19)12-5-3-1-2-4-6-12/h9-10,12H,1-8,11H2. The quantitative estimate of drug-likeness (QED) is 0.774. The highest BCUT2D eigenvalue weighted by molar-refractivity contribution is 6.30. The largest absolute Gasteiger partial charge is 0.493 e. The van der Waals surface area contributed by atoms with Crippen molar-refractivity contribution in [3.8, 4) is 5.75 Å². The van der Waals surface area contributed by atoms with Crippen LogP contribution in [0.3, 0.4) is 0 Å². The van der Waals surface area contributed by atoms with E-state index in [0.717, 1.165) is 41.2 Å². The summed E-state index contributed by atoms with van der Waals surface area (Å²) >= 11 is 6.16. The smallest absolute Gasteiger partial charge is 0.140 e. The van der Waals surface area contributed by atoms with E-state index in [2.05, 4.69) is 0 Å². The molecule has 108 valence electrons. The van der Waals surface area contributed by atoms with Gasteiger partial charge in [-0.1, -0.05) is 37.3 Å². The predicted octanol–water partition coefficient (Wildman–Crippen LogP) is 4.36. The molecule has 0 radical (unpaired) electrons. The number of fused-ring (bicyclic) bond motifs is 1. The van der Waals surface area contributed by atoms with Gasteiger partial charge in [0.1, 0.15) is 11.5 Å². The fourth-order valence-electron chi connectivity index (χ4n) is 3.41. The first-order chi connectivity index (χ1) is 9.74. The zero-order chi connectivity index (χ0) is 13.9. The molecule has 2 aliphatic rings. The van der Waals surface area contributed by atoms with Crippen LogP contribution in [0.25, 0.3) is 0 Å². The summed E-state index contributed by atoms with van der Waals surface area (Å²) in [4.78, 5) is 12.5. The van der Waals surface area contributed by atoms with Gasteiger partial charge >= 0.3 is 0 Å². The van der Waals surface area contributed by atoms with Crippen LogP contribution >= 0.6 is 11.6 Å². The number of ether oxygens (including phenoxy) is 1. The summed E-state index contributed by atoms with van der Waals surface area (Å²) in [6, 6.07) is 3.86. The maximum atomic E-state index is 12.5. The summed E-state index contributed by atoms with van der Waals surface area (Å²) in [5, 5.41) is 0.720. The normalized spacial score (nSPS) is 19.2.